The lowest BCUT2D eigenvalue weighted by Crippen LogP contribution is -2.50. The van der Waals surface area contributed by atoms with Gasteiger partial charge in [0.15, 0.2) is 0 Å². The van der Waals surface area contributed by atoms with Gasteiger partial charge in [-0.05, 0) is 40.2 Å². The lowest BCUT2D eigenvalue weighted by Gasteiger charge is -2.34. The molecule has 2 aromatic rings. The van der Waals surface area contributed by atoms with Crippen LogP contribution >= 0.6 is 15.9 Å². The second-order valence-corrected chi connectivity index (χ2v) is 8.89. The normalized spacial score (nSPS) is 15.5. The van der Waals surface area contributed by atoms with Gasteiger partial charge in [0.2, 0.25) is 15.9 Å². The highest BCUT2D eigenvalue weighted by Crippen LogP contribution is 2.25. The first-order chi connectivity index (χ1) is 13.0. The molecule has 0 unspecified atom stereocenters. The summed E-state index contributed by atoms with van der Waals surface area (Å²) < 4.78 is 33.1. The van der Waals surface area contributed by atoms with Gasteiger partial charge in [-0.15, -0.1) is 0 Å². The van der Waals surface area contributed by atoms with Crippen molar-refractivity contribution in [3.05, 3.63) is 59.1 Å². The molecular formula is C19H21BrN2O4S. The molecule has 0 atom stereocenters. The molecule has 0 bridgehead atoms. The number of halogens is 1. The van der Waals surface area contributed by atoms with E-state index < -0.39 is 10.0 Å². The van der Waals surface area contributed by atoms with E-state index in [4.69, 9.17) is 4.74 Å². The summed E-state index contributed by atoms with van der Waals surface area (Å²) in [6, 6.07) is 16.1. The van der Waals surface area contributed by atoms with Crippen LogP contribution in [-0.2, 0) is 14.8 Å². The van der Waals surface area contributed by atoms with Crippen LogP contribution in [0.1, 0.15) is 6.42 Å². The smallest absolute Gasteiger partial charge is 0.244 e. The molecular weight excluding hydrogens is 432 g/mol. The monoisotopic (exact) mass is 452 g/mol. The highest BCUT2D eigenvalue weighted by Gasteiger charge is 2.31. The van der Waals surface area contributed by atoms with Crippen LogP contribution < -0.4 is 4.74 Å². The Morgan fingerprint density at radius 3 is 2.26 bits per heavy atom. The predicted octanol–water partition coefficient (Wildman–Crippen LogP) is 2.75. The molecule has 27 heavy (non-hydrogen) atoms. The van der Waals surface area contributed by atoms with Crippen molar-refractivity contribution in [3.8, 4) is 5.75 Å². The van der Waals surface area contributed by atoms with E-state index in [0.29, 0.717) is 24.2 Å². The van der Waals surface area contributed by atoms with Crippen molar-refractivity contribution in [2.45, 2.75) is 11.3 Å². The average molecular weight is 453 g/mol. The van der Waals surface area contributed by atoms with Crippen LogP contribution in [-0.4, -0.2) is 56.3 Å². The molecule has 0 N–H and O–H groups in total. The standard InChI is InChI=1S/C19H21BrN2O4S/c20-17-8-4-5-9-18(17)27(24,25)22-13-11-21(12-14-22)19(23)10-15-26-16-6-2-1-3-7-16/h1-9H,10-15H2. The zero-order valence-electron chi connectivity index (χ0n) is 14.8. The molecule has 1 amide bonds. The summed E-state index contributed by atoms with van der Waals surface area (Å²) >= 11 is 3.30. The van der Waals surface area contributed by atoms with E-state index in [2.05, 4.69) is 15.9 Å². The Hall–Kier alpha value is -1.90. The number of para-hydroxylation sites is 1. The predicted molar refractivity (Wildman–Crippen MR) is 106 cm³/mol. The highest BCUT2D eigenvalue weighted by atomic mass is 79.9. The Bertz CT molecular complexity index is 882. The van der Waals surface area contributed by atoms with Crippen molar-refractivity contribution in [1.29, 1.82) is 0 Å². The van der Waals surface area contributed by atoms with E-state index in [1.807, 2.05) is 30.3 Å². The van der Waals surface area contributed by atoms with Gasteiger partial charge < -0.3 is 9.64 Å². The molecule has 144 valence electrons. The van der Waals surface area contributed by atoms with Crippen LogP contribution in [0.25, 0.3) is 0 Å². The van der Waals surface area contributed by atoms with E-state index in [9.17, 15) is 13.2 Å². The van der Waals surface area contributed by atoms with Crippen LogP contribution in [0.5, 0.6) is 5.75 Å². The van der Waals surface area contributed by atoms with Gasteiger partial charge in [0.25, 0.3) is 0 Å². The van der Waals surface area contributed by atoms with Gasteiger partial charge >= 0.3 is 0 Å². The molecule has 1 fully saturated rings. The molecule has 1 heterocycles. The number of ether oxygens (including phenoxy) is 1. The number of amides is 1. The van der Waals surface area contributed by atoms with E-state index in [0.717, 1.165) is 5.75 Å². The second kappa shape index (κ2) is 8.86. The first-order valence-electron chi connectivity index (χ1n) is 8.69. The Labute approximate surface area is 167 Å². The molecule has 6 nitrogen and oxygen atoms in total. The Kier molecular flexibility index (Phi) is 6.51. The largest absolute Gasteiger partial charge is 0.493 e. The maximum absolute atomic E-state index is 12.8. The molecule has 0 radical (unpaired) electrons. The third-order valence-corrected chi connectivity index (χ3v) is 7.28. The molecule has 0 saturated carbocycles. The SMILES string of the molecule is O=C(CCOc1ccccc1)N1CCN(S(=O)(=O)c2ccccc2Br)CC1. The minimum atomic E-state index is -3.57. The summed E-state index contributed by atoms with van der Waals surface area (Å²) in [6.07, 6.45) is 0.270. The fourth-order valence-corrected chi connectivity index (χ4v) is 5.29. The number of hydrogen-bond acceptors (Lipinski definition) is 4. The first kappa shape index (κ1) is 19.9. The fraction of sp³-hybridized carbons (Fsp3) is 0.316. The summed E-state index contributed by atoms with van der Waals surface area (Å²) in [5.41, 5.74) is 0. The lowest BCUT2D eigenvalue weighted by atomic mass is 10.3. The summed E-state index contributed by atoms with van der Waals surface area (Å²) in [6.45, 7) is 1.64. The van der Waals surface area contributed by atoms with Crippen LogP contribution in [0.4, 0.5) is 0 Å². The minimum Gasteiger partial charge on any atom is -0.493 e. The summed E-state index contributed by atoms with van der Waals surface area (Å²) in [5, 5.41) is 0. The van der Waals surface area contributed by atoms with Gasteiger partial charge in [0.1, 0.15) is 5.75 Å². The molecule has 1 saturated heterocycles. The van der Waals surface area contributed by atoms with Gasteiger partial charge in [0, 0.05) is 30.7 Å². The summed E-state index contributed by atoms with van der Waals surface area (Å²) in [5.74, 6) is 0.707. The highest BCUT2D eigenvalue weighted by molar-refractivity contribution is 9.10. The minimum absolute atomic E-state index is 0.0242. The van der Waals surface area contributed by atoms with E-state index in [1.165, 1.54) is 4.31 Å². The molecule has 0 spiro atoms. The maximum Gasteiger partial charge on any atom is 0.244 e. The molecule has 0 aromatic heterocycles. The van der Waals surface area contributed by atoms with Crippen molar-refractivity contribution in [2.24, 2.45) is 0 Å². The maximum atomic E-state index is 12.8. The topological polar surface area (TPSA) is 66.9 Å². The number of piperazine rings is 1. The van der Waals surface area contributed by atoms with Gasteiger partial charge in [-0.1, -0.05) is 30.3 Å². The van der Waals surface area contributed by atoms with E-state index >= 15 is 0 Å². The zero-order valence-corrected chi connectivity index (χ0v) is 17.2. The second-order valence-electron chi connectivity index (χ2n) is 6.13. The third kappa shape index (κ3) is 4.88. The van der Waals surface area contributed by atoms with Gasteiger partial charge in [-0.25, -0.2) is 8.42 Å². The van der Waals surface area contributed by atoms with Crippen molar-refractivity contribution in [1.82, 2.24) is 9.21 Å². The van der Waals surface area contributed by atoms with Gasteiger partial charge in [-0.3, -0.25) is 4.79 Å². The van der Waals surface area contributed by atoms with Crippen LogP contribution in [0.3, 0.4) is 0 Å². The molecule has 0 aliphatic carbocycles. The summed E-state index contributed by atoms with van der Waals surface area (Å²) in [7, 11) is -3.57. The number of carbonyl (C=O) groups is 1. The Balaban J connectivity index is 1.51. The van der Waals surface area contributed by atoms with Gasteiger partial charge in [0.05, 0.1) is 17.9 Å². The first-order valence-corrected chi connectivity index (χ1v) is 10.9. The Morgan fingerprint density at radius 1 is 0.963 bits per heavy atom. The average Bonchev–Trinajstić information content (AvgIpc) is 2.69. The fourth-order valence-electron chi connectivity index (χ4n) is 2.90. The number of carbonyl (C=O) groups excluding carboxylic acids is 1. The van der Waals surface area contributed by atoms with Crippen molar-refractivity contribution < 1.29 is 17.9 Å². The number of rotatable bonds is 6. The van der Waals surface area contributed by atoms with Gasteiger partial charge in [-0.2, -0.15) is 4.31 Å². The van der Waals surface area contributed by atoms with Crippen molar-refractivity contribution in [2.75, 3.05) is 32.8 Å². The third-order valence-electron chi connectivity index (χ3n) is 4.37. The van der Waals surface area contributed by atoms with E-state index in [-0.39, 0.29) is 30.3 Å². The quantitative estimate of drug-likeness (QED) is 0.675. The van der Waals surface area contributed by atoms with E-state index in [1.54, 1.807) is 29.2 Å². The molecule has 1 aliphatic heterocycles. The summed E-state index contributed by atoms with van der Waals surface area (Å²) in [4.78, 5) is 14.3. The van der Waals surface area contributed by atoms with Crippen LogP contribution in [0, 0.1) is 0 Å². The van der Waals surface area contributed by atoms with Crippen LogP contribution in [0.15, 0.2) is 64.0 Å². The molecule has 3 rings (SSSR count). The van der Waals surface area contributed by atoms with Crippen molar-refractivity contribution >= 4 is 31.9 Å². The number of nitrogens with zero attached hydrogens (tertiary/aromatic N) is 2. The lowest BCUT2D eigenvalue weighted by molar-refractivity contribution is -0.132. The van der Waals surface area contributed by atoms with Crippen LogP contribution in [0.2, 0.25) is 0 Å². The number of sulfonamides is 1. The molecule has 8 heteroatoms. The number of hydrogen-bond donors (Lipinski definition) is 0. The number of benzene rings is 2. The van der Waals surface area contributed by atoms with Crippen molar-refractivity contribution in [3.63, 3.8) is 0 Å². The molecule has 2 aromatic carbocycles. The Morgan fingerprint density at radius 2 is 1.59 bits per heavy atom. The zero-order chi connectivity index (χ0) is 19.3. The molecule has 1 aliphatic rings.